The summed E-state index contributed by atoms with van der Waals surface area (Å²) in [6.07, 6.45) is 2.70. The van der Waals surface area contributed by atoms with Crippen molar-refractivity contribution in [3.63, 3.8) is 0 Å². The lowest BCUT2D eigenvalue weighted by Crippen LogP contribution is -2.56. The van der Waals surface area contributed by atoms with Crippen molar-refractivity contribution in [2.24, 2.45) is 10.8 Å². The Hall–Kier alpha value is -1.10. The number of carbonyl (C=O) groups excluding carboxylic acids is 1. The Bertz CT molecular complexity index is 368. The van der Waals surface area contributed by atoms with Crippen LogP contribution in [0.4, 0.5) is 0 Å². The molecule has 0 aliphatic carbocycles. The molecule has 2 aliphatic heterocycles. The number of nitrogens with zero attached hydrogens (tertiary/aromatic N) is 1. The topological polar surface area (TPSA) is 66.8 Å². The van der Waals surface area contributed by atoms with Gasteiger partial charge in [0.05, 0.1) is 24.0 Å². The van der Waals surface area contributed by atoms with Gasteiger partial charge in [0.15, 0.2) is 0 Å². The van der Waals surface area contributed by atoms with Gasteiger partial charge in [-0.05, 0) is 26.2 Å². The largest absolute Gasteiger partial charge is 0.481 e. The number of piperidine rings is 1. The third-order valence-electron chi connectivity index (χ3n) is 4.55. The highest BCUT2D eigenvalue weighted by molar-refractivity contribution is 5.84. The van der Waals surface area contributed by atoms with Gasteiger partial charge >= 0.3 is 5.97 Å². The highest BCUT2D eigenvalue weighted by Crippen LogP contribution is 2.38. The van der Waals surface area contributed by atoms with Crippen molar-refractivity contribution in [1.29, 1.82) is 0 Å². The van der Waals surface area contributed by atoms with Gasteiger partial charge in [-0.25, -0.2) is 0 Å². The Labute approximate surface area is 113 Å². The molecule has 0 spiro atoms. The van der Waals surface area contributed by atoms with Crippen LogP contribution in [-0.4, -0.2) is 48.2 Å². The standard InChI is InChI=1S/C14H23NO4/c1-3-4-14(12(17)18)5-7-15(8-6-14)11(16)13(2)9-19-10-13/h3-10H2,1-2H3,(H,17,18). The van der Waals surface area contributed by atoms with Gasteiger partial charge in [0.1, 0.15) is 0 Å². The summed E-state index contributed by atoms with van der Waals surface area (Å²) >= 11 is 0. The first-order valence-corrected chi connectivity index (χ1v) is 7.04. The van der Waals surface area contributed by atoms with E-state index < -0.39 is 11.4 Å². The molecule has 0 saturated carbocycles. The Balaban J connectivity index is 1.98. The van der Waals surface area contributed by atoms with Crippen molar-refractivity contribution in [2.75, 3.05) is 26.3 Å². The van der Waals surface area contributed by atoms with Crippen molar-refractivity contribution < 1.29 is 19.4 Å². The normalized spacial score (nSPS) is 24.6. The van der Waals surface area contributed by atoms with E-state index in [0.29, 0.717) is 45.6 Å². The first-order valence-electron chi connectivity index (χ1n) is 7.04. The third kappa shape index (κ3) is 2.48. The molecule has 2 fully saturated rings. The minimum Gasteiger partial charge on any atom is -0.481 e. The van der Waals surface area contributed by atoms with Crippen molar-refractivity contribution in [2.45, 2.75) is 39.5 Å². The second-order valence-corrected chi connectivity index (χ2v) is 6.18. The van der Waals surface area contributed by atoms with Gasteiger partial charge in [0.2, 0.25) is 5.91 Å². The smallest absolute Gasteiger partial charge is 0.309 e. The number of rotatable bonds is 4. The highest BCUT2D eigenvalue weighted by atomic mass is 16.5. The molecule has 19 heavy (non-hydrogen) atoms. The summed E-state index contributed by atoms with van der Waals surface area (Å²) in [5.41, 5.74) is -1.00. The summed E-state index contributed by atoms with van der Waals surface area (Å²) in [5, 5.41) is 9.44. The lowest BCUT2D eigenvalue weighted by molar-refractivity contribution is -0.173. The molecular weight excluding hydrogens is 246 g/mol. The third-order valence-corrected chi connectivity index (χ3v) is 4.55. The fourth-order valence-electron chi connectivity index (χ4n) is 3.10. The van der Waals surface area contributed by atoms with Crippen molar-refractivity contribution in [3.05, 3.63) is 0 Å². The van der Waals surface area contributed by atoms with Gasteiger partial charge in [0.25, 0.3) is 0 Å². The SMILES string of the molecule is CCCC1(C(=O)O)CCN(C(=O)C2(C)COC2)CC1. The van der Waals surface area contributed by atoms with Crippen LogP contribution in [0.15, 0.2) is 0 Å². The Morgan fingerprint density at radius 1 is 1.26 bits per heavy atom. The maximum atomic E-state index is 12.3. The quantitative estimate of drug-likeness (QED) is 0.840. The zero-order valence-electron chi connectivity index (χ0n) is 11.8. The van der Waals surface area contributed by atoms with Crippen LogP contribution in [-0.2, 0) is 14.3 Å². The van der Waals surface area contributed by atoms with Crippen LogP contribution >= 0.6 is 0 Å². The summed E-state index contributed by atoms with van der Waals surface area (Å²) in [5.74, 6) is -0.589. The number of ether oxygens (including phenoxy) is 1. The van der Waals surface area contributed by atoms with E-state index in [1.165, 1.54) is 0 Å². The predicted molar refractivity (Wildman–Crippen MR) is 69.7 cm³/mol. The van der Waals surface area contributed by atoms with E-state index in [0.717, 1.165) is 6.42 Å². The molecule has 5 nitrogen and oxygen atoms in total. The number of hydrogen-bond acceptors (Lipinski definition) is 3. The molecule has 0 aromatic heterocycles. The van der Waals surface area contributed by atoms with Gasteiger partial charge in [-0.15, -0.1) is 0 Å². The van der Waals surface area contributed by atoms with Crippen molar-refractivity contribution in [1.82, 2.24) is 4.90 Å². The number of carboxylic acids is 1. The van der Waals surface area contributed by atoms with Crippen LogP contribution in [0.1, 0.15) is 39.5 Å². The Morgan fingerprint density at radius 2 is 1.84 bits per heavy atom. The lowest BCUT2D eigenvalue weighted by Gasteiger charge is -2.44. The van der Waals surface area contributed by atoms with Crippen LogP contribution in [0.3, 0.4) is 0 Å². The molecule has 0 atom stereocenters. The maximum absolute atomic E-state index is 12.3. The Morgan fingerprint density at radius 3 is 2.21 bits per heavy atom. The molecule has 2 aliphatic rings. The van der Waals surface area contributed by atoms with Gasteiger partial charge in [0, 0.05) is 13.1 Å². The molecule has 0 radical (unpaired) electrons. The molecule has 1 N–H and O–H groups in total. The lowest BCUT2D eigenvalue weighted by atomic mass is 9.74. The Kier molecular flexibility index (Phi) is 3.85. The van der Waals surface area contributed by atoms with Crippen LogP contribution < -0.4 is 0 Å². The van der Waals surface area contributed by atoms with E-state index in [1.807, 2.05) is 18.7 Å². The van der Waals surface area contributed by atoms with E-state index in [1.54, 1.807) is 0 Å². The first kappa shape index (κ1) is 14.3. The highest BCUT2D eigenvalue weighted by Gasteiger charge is 2.47. The number of carbonyl (C=O) groups is 2. The summed E-state index contributed by atoms with van der Waals surface area (Å²) in [6, 6.07) is 0. The number of hydrogen-bond donors (Lipinski definition) is 1. The molecular formula is C14H23NO4. The number of amides is 1. The maximum Gasteiger partial charge on any atom is 0.309 e. The first-order chi connectivity index (χ1) is 8.93. The summed E-state index contributed by atoms with van der Waals surface area (Å²) < 4.78 is 5.13. The van der Waals surface area contributed by atoms with E-state index in [-0.39, 0.29) is 11.3 Å². The van der Waals surface area contributed by atoms with Gasteiger partial charge in [-0.1, -0.05) is 13.3 Å². The zero-order chi connectivity index (χ0) is 14.1. The minimum absolute atomic E-state index is 0.120. The number of likely N-dealkylation sites (tertiary alicyclic amines) is 1. The second kappa shape index (κ2) is 5.12. The van der Waals surface area contributed by atoms with Gasteiger partial charge < -0.3 is 14.7 Å². The number of aliphatic carboxylic acids is 1. The monoisotopic (exact) mass is 269 g/mol. The van der Waals surface area contributed by atoms with Gasteiger partial charge in [-0.2, -0.15) is 0 Å². The van der Waals surface area contributed by atoms with E-state index >= 15 is 0 Å². The number of carboxylic acid groups (broad SMARTS) is 1. The molecule has 0 unspecified atom stereocenters. The molecule has 0 aromatic carbocycles. The summed E-state index contributed by atoms with van der Waals surface area (Å²) in [4.78, 5) is 25.6. The molecule has 2 saturated heterocycles. The van der Waals surface area contributed by atoms with E-state index in [9.17, 15) is 14.7 Å². The van der Waals surface area contributed by atoms with E-state index in [2.05, 4.69) is 0 Å². The van der Waals surface area contributed by atoms with Crippen LogP contribution in [0, 0.1) is 10.8 Å². The van der Waals surface area contributed by atoms with Crippen LogP contribution in [0.5, 0.6) is 0 Å². The summed E-state index contributed by atoms with van der Waals surface area (Å²) in [6.45, 7) is 6.02. The fraction of sp³-hybridized carbons (Fsp3) is 0.857. The van der Waals surface area contributed by atoms with E-state index in [4.69, 9.17) is 4.74 Å². The average molecular weight is 269 g/mol. The predicted octanol–water partition coefficient (Wildman–Crippen LogP) is 1.52. The average Bonchev–Trinajstić information content (AvgIpc) is 2.36. The minimum atomic E-state index is -0.709. The molecule has 108 valence electrons. The zero-order valence-corrected chi connectivity index (χ0v) is 11.8. The van der Waals surface area contributed by atoms with Crippen molar-refractivity contribution in [3.8, 4) is 0 Å². The van der Waals surface area contributed by atoms with Crippen LogP contribution in [0.25, 0.3) is 0 Å². The molecule has 5 heteroatoms. The molecule has 0 bridgehead atoms. The van der Waals surface area contributed by atoms with Gasteiger partial charge in [-0.3, -0.25) is 9.59 Å². The molecule has 2 heterocycles. The second-order valence-electron chi connectivity index (χ2n) is 6.18. The van der Waals surface area contributed by atoms with Crippen LogP contribution in [0.2, 0.25) is 0 Å². The fourth-order valence-corrected chi connectivity index (χ4v) is 3.10. The molecule has 0 aromatic rings. The summed E-state index contributed by atoms with van der Waals surface area (Å²) in [7, 11) is 0. The van der Waals surface area contributed by atoms with Crippen molar-refractivity contribution >= 4 is 11.9 Å². The molecule has 1 amide bonds. The molecule has 2 rings (SSSR count).